The number of aromatic nitrogens is 1. The first-order chi connectivity index (χ1) is 8.16. The molecule has 0 radical (unpaired) electrons. The summed E-state index contributed by atoms with van der Waals surface area (Å²) >= 11 is 1.47. The minimum absolute atomic E-state index is 0.295. The van der Waals surface area contributed by atoms with Crippen molar-refractivity contribution >= 4 is 17.7 Å². The number of hydrogen-bond acceptors (Lipinski definition) is 3. The van der Waals surface area contributed by atoms with E-state index >= 15 is 0 Å². The van der Waals surface area contributed by atoms with Crippen LogP contribution in [-0.4, -0.2) is 16.1 Å². The number of carboxylic acids is 1. The Labute approximate surface area is 104 Å². The Hall–Kier alpha value is -1.81. The van der Waals surface area contributed by atoms with Gasteiger partial charge in [-0.25, -0.2) is 9.78 Å². The van der Waals surface area contributed by atoms with E-state index in [9.17, 15) is 4.79 Å². The number of hydrogen-bond donors (Lipinski definition) is 1. The average molecular weight is 245 g/mol. The van der Waals surface area contributed by atoms with E-state index < -0.39 is 5.97 Å². The minimum atomic E-state index is -0.912. The summed E-state index contributed by atoms with van der Waals surface area (Å²) in [6.07, 6.45) is 1.73. The molecule has 1 heterocycles. The number of benzene rings is 1. The van der Waals surface area contributed by atoms with Crippen molar-refractivity contribution in [3.8, 4) is 0 Å². The molecule has 0 spiro atoms. The van der Waals surface area contributed by atoms with E-state index in [1.54, 1.807) is 24.4 Å². The molecule has 2 rings (SSSR count). The number of carboxylic acid groups (broad SMARTS) is 1. The molecule has 4 heteroatoms. The highest BCUT2D eigenvalue weighted by molar-refractivity contribution is 7.99. The molecular formula is C13H11NO2S. The van der Waals surface area contributed by atoms with Crippen molar-refractivity contribution < 1.29 is 9.90 Å². The van der Waals surface area contributed by atoms with Crippen LogP contribution in [0, 0.1) is 6.92 Å². The summed E-state index contributed by atoms with van der Waals surface area (Å²) in [6, 6.07) is 10.7. The highest BCUT2D eigenvalue weighted by atomic mass is 32.2. The van der Waals surface area contributed by atoms with Crippen LogP contribution in [0.15, 0.2) is 52.5 Å². The molecule has 0 unspecified atom stereocenters. The van der Waals surface area contributed by atoms with E-state index in [1.165, 1.54) is 11.8 Å². The van der Waals surface area contributed by atoms with Gasteiger partial charge in [-0.15, -0.1) is 0 Å². The Bertz CT molecular complexity index is 555. The quantitative estimate of drug-likeness (QED) is 0.901. The maximum absolute atomic E-state index is 10.8. The van der Waals surface area contributed by atoms with E-state index in [2.05, 4.69) is 4.98 Å². The molecule has 86 valence electrons. The van der Waals surface area contributed by atoms with Gasteiger partial charge in [0.1, 0.15) is 5.03 Å². The van der Waals surface area contributed by atoms with Crippen molar-refractivity contribution in [2.75, 3.05) is 0 Å². The fourth-order valence-electron chi connectivity index (χ4n) is 1.38. The lowest BCUT2D eigenvalue weighted by Gasteiger charge is -2.04. The molecule has 0 atom stereocenters. The molecule has 0 aliphatic heterocycles. The molecule has 1 aromatic heterocycles. The van der Waals surface area contributed by atoms with Crippen LogP contribution in [0.4, 0.5) is 0 Å². The van der Waals surface area contributed by atoms with Crippen LogP contribution < -0.4 is 0 Å². The standard InChI is InChI=1S/C13H11NO2S/c1-9-4-3-7-14-12(9)17-11-6-2-5-10(8-11)13(15)16/h2-8H,1H3,(H,15,16). The number of aryl methyl sites for hydroxylation is 1. The number of pyridine rings is 1. The number of nitrogens with zero attached hydrogens (tertiary/aromatic N) is 1. The average Bonchev–Trinajstić information content (AvgIpc) is 2.32. The monoisotopic (exact) mass is 245 g/mol. The third kappa shape index (κ3) is 2.85. The van der Waals surface area contributed by atoms with Gasteiger partial charge in [-0.3, -0.25) is 0 Å². The molecule has 3 nitrogen and oxygen atoms in total. The highest BCUT2D eigenvalue weighted by Crippen LogP contribution is 2.28. The molecule has 0 saturated heterocycles. The first kappa shape index (κ1) is 11.7. The van der Waals surface area contributed by atoms with Crippen molar-refractivity contribution in [2.45, 2.75) is 16.8 Å². The fraction of sp³-hybridized carbons (Fsp3) is 0.0769. The second-order valence-electron chi connectivity index (χ2n) is 3.56. The lowest BCUT2D eigenvalue weighted by molar-refractivity contribution is 0.0696. The Balaban J connectivity index is 2.28. The fourth-order valence-corrected chi connectivity index (χ4v) is 2.28. The van der Waals surface area contributed by atoms with Gasteiger partial charge in [-0.1, -0.05) is 23.9 Å². The van der Waals surface area contributed by atoms with Crippen LogP contribution in [0.5, 0.6) is 0 Å². The highest BCUT2D eigenvalue weighted by Gasteiger charge is 2.06. The zero-order chi connectivity index (χ0) is 12.3. The topological polar surface area (TPSA) is 50.2 Å². The predicted molar refractivity (Wildman–Crippen MR) is 66.5 cm³/mol. The number of carbonyl (C=O) groups is 1. The second-order valence-corrected chi connectivity index (χ2v) is 4.62. The van der Waals surface area contributed by atoms with Crippen molar-refractivity contribution in [1.29, 1.82) is 0 Å². The summed E-state index contributed by atoms with van der Waals surface area (Å²) in [5.74, 6) is -0.912. The Morgan fingerprint density at radius 1 is 1.29 bits per heavy atom. The maximum Gasteiger partial charge on any atom is 0.335 e. The number of rotatable bonds is 3. The van der Waals surface area contributed by atoms with Crippen molar-refractivity contribution in [3.05, 3.63) is 53.7 Å². The Morgan fingerprint density at radius 2 is 2.12 bits per heavy atom. The van der Waals surface area contributed by atoms with Gasteiger partial charge in [0.15, 0.2) is 0 Å². The van der Waals surface area contributed by atoms with Gasteiger partial charge in [-0.2, -0.15) is 0 Å². The third-order valence-corrected chi connectivity index (χ3v) is 3.37. The van der Waals surface area contributed by atoms with Gasteiger partial charge in [0.05, 0.1) is 5.56 Å². The van der Waals surface area contributed by atoms with Crippen LogP contribution in [0.25, 0.3) is 0 Å². The van der Waals surface area contributed by atoms with Crippen LogP contribution in [-0.2, 0) is 0 Å². The summed E-state index contributed by atoms with van der Waals surface area (Å²) in [5, 5.41) is 9.80. The summed E-state index contributed by atoms with van der Waals surface area (Å²) in [7, 11) is 0. The SMILES string of the molecule is Cc1cccnc1Sc1cccc(C(=O)O)c1. The van der Waals surface area contributed by atoms with Crippen LogP contribution in [0.2, 0.25) is 0 Å². The smallest absolute Gasteiger partial charge is 0.335 e. The zero-order valence-corrected chi connectivity index (χ0v) is 10.1. The first-order valence-corrected chi connectivity index (χ1v) is 5.91. The van der Waals surface area contributed by atoms with E-state index in [-0.39, 0.29) is 0 Å². The molecular weight excluding hydrogens is 234 g/mol. The van der Waals surface area contributed by atoms with Gasteiger partial charge in [0, 0.05) is 11.1 Å². The number of aromatic carboxylic acids is 1. The van der Waals surface area contributed by atoms with Crippen molar-refractivity contribution in [1.82, 2.24) is 4.98 Å². The van der Waals surface area contributed by atoms with E-state index in [1.807, 2.05) is 25.1 Å². The molecule has 2 aromatic rings. The van der Waals surface area contributed by atoms with E-state index in [0.717, 1.165) is 15.5 Å². The lowest BCUT2D eigenvalue weighted by atomic mass is 10.2. The molecule has 0 aliphatic carbocycles. The van der Waals surface area contributed by atoms with E-state index in [4.69, 9.17) is 5.11 Å². The maximum atomic E-state index is 10.8. The van der Waals surface area contributed by atoms with Gasteiger partial charge >= 0.3 is 5.97 Å². The summed E-state index contributed by atoms with van der Waals surface area (Å²) in [6.45, 7) is 1.98. The molecule has 1 N–H and O–H groups in total. The van der Waals surface area contributed by atoms with Crippen LogP contribution in [0.3, 0.4) is 0 Å². The summed E-state index contributed by atoms with van der Waals surface area (Å²) in [4.78, 5) is 16.0. The van der Waals surface area contributed by atoms with Crippen molar-refractivity contribution in [2.24, 2.45) is 0 Å². The predicted octanol–water partition coefficient (Wildman–Crippen LogP) is 3.24. The zero-order valence-electron chi connectivity index (χ0n) is 9.25. The minimum Gasteiger partial charge on any atom is -0.478 e. The molecule has 0 bridgehead atoms. The molecule has 0 fully saturated rings. The van der Waals surface area contributed by atoms with E-state index in [0.29, 0.717) is 5.56 Å². The molecule has 0 aliphatic rings. The second kappa shape index (κ2) is 5.01. The summed E-state index contributed by atoms with van der Waals surface area (Å²) in [5.41, 5.74) is 1.38. The molecule has 1 aromatic carbocycles. The molecule has 0 saturated carbocycles. The van der Waals surface area contributed by atoms with Crippen molar-refractivity contribution in [3.63, 3.8) is 0 Å². The van der Waals surface area contributed by atoms with Gasteiger partial charge in [-0.05, 0) is 36.8 Å². The first-order valence-electron chi connectivity index (χ1n) is 5.09. The Kier molecular flexibility index (Phi) is 3.44. The summed E-state index contributed by atoms with van der Waals surface area (Å²) < 4.78 is 0. The van der Waals surface area contributed by atoms with Crippen LogP contribution in [0.1, 0.15) is 15.9 Å². The normalized spacial score (nSPS) is 10.2. The van der Waals surface area contributed by atoms with Crippen LogP contribution >= 0.6 is 11.8 Å². The molecule has 17 heavy (non-hydrogen) atoms. The van der Waals surface area contributed by atoms with Gasteiger partial charge in [0.25, 0.3) is 0 Å². The lowest BCUT2D eigenvalue weighted by Crippen LogP contribution is -1.95. The largest absolute Gasteiger partial charge is 0.478 e. The Morgan fingerprint density at radius 3 is 2.82 bits per heavy atom. The van der Waals surface area contributed by atoms with Gasteiger partial charge in [0.2, 0.25) is 0 Å². The molecule has 0 amide bonds. The van der Waals surface area contributed by atoms with Gasteiger partial charge < -0.3 is 5.11 Å². The third-order valence-electron chi connectivity index (χ3n) is 2.26.